The summed E-state index contributed by atoms with van der Waals surface area (Å²) >= 11 is 0. The average molecular weight is 370 g/mol. The van der Waals surface area contributed by atoms with E-state index in [2.05, 4.69) is 4.74 Å². The maximum Gasteiger partial charge on any atom is 0.337 e. The molecule has 0 saturated heterocycles. The monoisotopic (exact) mass is 370 g/mol. The van der Waals surface area contributed by atoms with Crippen LogP contribution in [-0.2, 0) is 20.9 Å². The second-order valence-electron chi connectivity index (χ2n) is 5.48. The van der Waals surface area contributed by atoms with Crippen LogP contribution in [0.5, 0.6) is 11.5 Å². The van der Waals surface area contributed by atoms with E-state index in [9.17, 15) is 9.59 Å². The van der Waals surface area contributed by atoms with E-state index < -0.39 is 11.9 Å². The van der Waals surface area contributed by atoms with Crippen LogP contribution in [0.1, 0.15) is 28.4 Å². The fourth-order valence-electron chi connectivity index (χ4n) is 2.34. The third-order valence-corrected chi connectivity index (χ3v) is 3.63. The highest BCUT2D eigenvalue weighted by molar-refractivity contribution is 5.89. The van der Waals surface area contributed by atoms with Gasteiger partial charge in [0.15, 0.2) is 11.5 Å². The summed E-state index contributed by atoms with van der Waals surface area (Å²) in [7, 11) is 2.87. The topological polar surface area (TPSA) is 71.1 Å². The van der Waals surface area contributed by atoms with Gasteiger partial charge in [-0.15, -0.1) is 0 Å². The molecule has 6 nitrogen and oxygen atoms in total. The molecule has 0 spiro atoms. The highest BCUT2D eigenvalue weighted by Gasteiger charge is 2.07. The number of carbonyl (C=O) groups excluding carboxylic acids is 2. The van der Waals surface area contributed by atoms with Gasteiger partial charge in [-0.2, -0.15) is 0 Å². The molecule has 0 amide bonds. The van der Waals surface area contributed by atoms with Gasteiger partial charge >= 0.3 is 11.9 Å². The third kappa shape index (κ3) is 5.88. The predicted octanol–water partition coefficient (Wildman–Crippen LogP) is 3.64. The molecule has 0 aromatic heterocycles. The van der Waals surface area contributed by atoms with Gasteiger partial charge in [0.1, 0.15) is 6.61 Å². The molecule has 27 heavy (non-hydrogen) atoms. The minimum absolute atomic E-state index is 0.0562. The van der Waals surface area contributed by atoms with E-state index in [1.165, 1.54) is 13.2 Å². The summed E-state index contributed by atoms with van der Waals surface area (Å²) in [4.78, 5) is 23.5. The van der Waals surface area contributed by atoms with Crippen LogP contribution in [0.3, 0.4) is 0 Å². The molecule has 0 aliphatic rings. The van der Waals surface area contributed by atoms with Crippen molar-refractivity contribution in [1.29, 1.82) is 0 Å². The summed E-state index contributed by atoms with van der Waals surface area (Å²) in [6, 6.07) is 12.1. The van der Waals surface area contributed by atoms with Crippen LogP contribution in [0.25, 0.3) is 6.08 Å². The van der Waals surface area contributed by atoms with E-state index >= 15 is 0 Å². The molecule has 0 bridgehead atoms. The molecule has 0 atom stereocenters. The Morgan fingerprint density at radius 1 is 1.04 bits per heavy atom. The summed E-state index contributed by atoms with van der Waals surface area (Å²) < 4.78 is 20.6. The summed E-state index contributed by atoms with van der Waals surface area (Å²) in [5, 5.41) is 0. The first-order valence-electron chi connectivity index (χ1n) is 8.40. The van der Waals surface area contributed by atoms with Crippen LogP contribution in [-0.4, -0.2) is 32.8 Å². The number of carbonyl (C=O) groups is 2. The highest BCUT2D eigenvalue weighted by Crippen LogP contribution is 2.28. The first-order chi connectivity index (χ1) is 13.1. The van der Waals surface area contributed by atoms with Gasteiger partial charge in [0.05, 0.1) is 26.4 Å². The standard InChI is InChI=1S/C21H22O6/c1-4-26-18-10-8-15(13-19(18)24-2)9-11-20(22)27-14-16-6-5-7-17(12-16)21(23)25-3/h5-13H,4,14H2,1-3H3/b11-9+. The molecule has 2 aromatic rings. The molecular formula is C21H22O6. The molecule has 142 valence electrons. The molecular weight excluding hydrogens is 348 g/mol. The van der Waals surface area contributed by atoms with Crippen LogP contribution in [0.15, 0.2) is 48.5 Å². The maximum absolute atomic E-state index is 11.9. The second kappa shape index (κ2) is 10.0. The van der Waals surface area contributed by atoms with Crippen LogP contribution in [0, 0.1) is 0 Å². The van der Waals surface area contributed by atoms with Crippen molar-refractivity contribution in [3.8, 4) is 11.5 Å². The Kier molecular flexibility index (Phi) is 7.43. The first-order valence-corrected chi connectivity index (χ1v) is 8.40. The number of esters is 2. The lowest BCUT2D eigenvalue weighted by molar-refractivity contribution is -0.138. The van der Waals surface area contributed by atoms with E-state index in [1.54, 1.807) is 49.6 Å². The Balaban J connectivity index is 1.96. The van der Waals surface area contributed by atoms with E-state index in [4.69, 9.17) is 14.2 Å². The minimum Gasteiger partial charge on any atom is -0.493 e. The van der Waals surface area contributed by atoms with Gasteiger partial charge in [0.25, 0.3) is 0 Å². The zero-order valence-corrected chi connectivity index (χ0v) is 15.6. The Bertz CT molecular complexity index is 825. The van der Waals surface area contributed by atoms with Crippen molar-refractivity contribution in [2.75, 3.05) is 20.8 Å². The Hall–Kier alpha value is -3.28. The summed E-state index contributed by atoms with van der Waals surface area (Å²) in [6.45, 7) is 2.49. The van der Waals surface area contributed by atoms with Crippen molar-refractivity contribution in [3.05, 3.63) is 65.2 Å². The SMILES string of the molecule is CCOc1ccc(/C=C/C(=O)OCc2cccc(C(=O)OC)c2)cc1OC. The van der Waals surface area contributed by atoms with Crippen molar-refractivity contribution in [2.24, 2.45) is 0 Å². The summed E-state index contributed by atoms with van der Waals surface area (Å²) in [6.07, 6.45) is 2.96. The second-order valence-corrected chi connectivity index (χ2v) is 5.48. The van der Waals surface area contributed by atoms with Gasteiger partial charge in [-0.25, -0.2) is 9.59 Å². The van der Waals surface area contributed by atoms with E-state index in [0.29, 0.717) is 29.2 Å². The highest BCUT2D eigenvalue weighted by atomic mass is 16.5. The number of methoxy groups -OCH3 is 2. The van der Waals surface area contributed by atoms with Gasteiger partial charge < -0.3 is 18.9 Å². The smallest absolute Gasteiger partial charge is 0.337 e. The zero-order valence-electron chi connectivity index (χ0n) is 15.6. The molecule has 0 fully saturated rings. The molecule has 0 radical (unpaired) electrons. The van der Waals surface area contributed by atoms with Crippen LogP contribution < -0.4 is 9.47 Å². The van der Waals surface area contributed by atoms with Gasteiger partial charge in [0, 0.05) is 6.08 Å². The van der Waals surface area contributed by atoms with Crippen molar-refractivity contribution in [1.82, 2.24) is 0 Å². The Morgan fingerprint density at radius 2 is 1.85 bits per heavy atom. The zero-order chi connectivity index (χ0) is 19.6. The van der Waals surface area contributed by atoms with Crippen molar-refractivity contribution < 1.29 is 28.5 Å². The van der Waals surface area contributed by atoms with E-state index in [0.717, 1.165) is 5.56 Å². The third-order valence-electron chi connectivity index (χ3n) is 3.63. The molecule has 0 heterocycles. The first kappa shape index (κ1) is 20.0. The molecule has 0 unspecified atom stereocenters. The number of ether oxygens (including phenoxy) is 4. The maximum atomic E-state index is 11.9. The predicted molar refractivity (Wildman–Crippen MR) is 101 cm³/mol. The Morgan fingerprint density at radius 3 is 2.56 bits per heavy atom. The summed E-state index contributed by atoms with van der Waals surface area (Å²) in [5.41, 5.74) is 1.88. The molecule has 0 aliphatic carbocycles. The fraction of sp³-hybridized carbons (Fsp3) is 0.238. The average Bonchev–Trinajstić information content (AvgIpc) is 2.71. The largest absolute Gasteiger partial charge is 0.493 e. The van der Waals surface area contributed by atoms with E-state index in [1.807, 2.05) is 13.0 Å². The molecule has 0 aliphatic heterocycles. The normalized spacial score (nSPS) is 10.5. The number of benzene rings is 2. The summed E-state index contributed by atoms with van der Waals surface area (Å²) in [5.74, 6) is 0.302. The number of rotatable bonds is 8. The Labute approximate surface area is 158 Å². The lowest BCUT2D eigenvalue weighted by Crippen LogP contribution is -2.04. The van der Waals surface area contributed by atoms with Gasteiger partial charge in [0.2, 0.25) is 0 Å². The molecule has 0 N–H and O–H groups in total. The van der Waals surface area contributed by atoms with Gasteiger partial charge in [-0.3, -0.25) is 0 Å². The number of hydrogen-bond donors (Lipinski definition) is 0. The van der Waals surface area contributed by atoms with E-state index in [-0.39, 0.29) is 6.61 Å². The lowest BCUT2D eigenvalue weighted by atomic mass is 10.1. The quantitative estimate of drug-likeness (QED) is 0.522. The van der Waals surface area contributed by atoms with Crippen LogP contribution in [0.2, 0.25) is 0 Å². The fourth-order valence-corrected chi connectivity index (χ4v) is 2.34. The van der Waals surface area contributed by atoms with Crippen molar-refractivity contribution >= 4 is 18.0 Å². The molecule has 2 rings (SSSR count). The minimum atomic E-state index is -0.494. The molecule has 6 heteroatoms. The van der Waals surface area contributed by atoms with Gasteiger partial charge in [-0.1, -0.05) is 18.2 Å². The van der Waals surface area contributed by atoms with Crippen molar-refractivity contribution in [3.63, 3.8) is 0 Å². The molecule has 2 aromatic carbocycles. The van der Waals surface area contributed by atoms with Crippen LogP contribution >= 0.6 is 0 Å². The number of hydrogen-bond acceptors (Lipinski definition) is 6. The van der Waals surface area contributed by atoms with Crippen LogP contribution in [0.4, 0.5) is 0 Å². The molecule has 0 saturated carbocycles. The lowest BCUT2D eigenvalue weighted by Gasteiger charge is -2.09. The van der Waals surface area contributed by atoms with Gasteiger partial charge in [-0.05, 0) is 48.4 Å². The van der Waals surface area contributed by atoms with Crippen molar-refractivity contribution in [2.45, 2.75) is 13.5 Å².